The number of halogens is 4. The van der Waals surface area contributed by atoms with Crippen LogP contribution in [0.5, 0.6) is 0 Å². The van der Waals surface area contributed by atoms with E-state index in [4.69, 9.17) is 5.26 Å². The molecule has 1 amide bonds. The second-order valence-electron chi connectivity index (χ2n) is 3.35. The van der Waals surface area contributed by atoms with Gasteiger partial charge in [-0.25, -0.2) is 17.6 Å². The Bertz CT molecular complexity index is 561. The van der Waals surface area contributed by atoms with Gasteiger partial charge >= 0.3 is 0 Å². The van der Waals surface area contributed by atoms with Crippen LogP contribution in [-0.2, 0) is 4.79 Å². The molecule has 0 aliphatic heterocycles. The molecule has 0 saturated heterocycles. The molecule has 1 rings (SSSR count). The molecular formula is C11H6F4N2O. The molecule has 1 N–H and O–H groups in total. The number of hydrogen-bond acceptors (Lipinski definition) is 2. The summed E-state index contributed by atoms with van der Waals surface area (Å²) in [6, 6.07) is 0.988. The zero-order valence-corrected chi connectivity index (χ0v) is 9.07. The highest BCUT2D eigenvalue weighted by Crippen LogP contribution is 2.27. The molecule has 0 unspecified atom stereocenters. The van der Waals surface area contributed by atoms with Gasteiger partial charge in [-0.1, -0.05) is 6.58 Å². The van der Waals surface area contributed by atoms with Crippen LogP contribution in [0.2, 0.25) is 0 Å². The second-order valence-corrected chi connectivity index (χ2v) is 3.35. The third kappa shape index (κ3) is 2.18. The van der Waals surface area contributed by atoms with Gasteiger partial charge in [-0.15, -0.1) is 0 Å². The summed E-state index contributed by atoms with van der Waals surface area (Å²) in [5.74, 6) is -8.43. The van der Waals surface area contributed by atoms with E-state index in [-0.39, 0.29) is 5.57 Å². The summed E-state index contributed by atoms with van der Waals surface area (Å²) in [5, 5.41) is 9.98. The Hall–Kier alpha value is -2.36. The summed E-state index contributed by atoms with van der Waals surface area (Å²) in [4.78, 5) is 11.1. The molecule has 0 saturated carbocycles. The van der Waals surface area contributed by atoms with E-state index in [0.29, 0.717) is 0 Å². The van der Waals surface area contributed by atoms with E-state index in [1.165, 1.54) is 6.92 Å². The quantitative estimate of drug-likeness (QED) is 0.503. The Morgan fingerprint density at radius 2 is 1.61 bits per heavy atom. The molecule has 0 spiro atoms. The van der Waals surface area contributed by atoms with Crippen LogP contribution in [0.3, 0.4) is 0 Å². The predicted molar refractivity (Wildman–Crippen MR) is 54.4 cm³/mol. The van der Waals surface area contributed by atoms with E-state index < -0.39 is 40.4 Å². The highest BCUT2D eigenvalue weighted by molar-refractivity contribution is 6.03. The van der Waals surface area contributed by atoms with Crippen LogP contribution in [0.4, 0.5) is 23.2 Å². The summed E-state index contributed by atoms with van der Waals surface area (Å²) in [6.07, 6.45) is 0. The normalized spacial score (nSPS) is 9.78. The van der Waals surface area contributed by atoms with Gasteiger partial charge in [0, 0.05) is 5.57 Å². The molecule has 0 heterocycles. The third-order valence-electron chi connectivity index (χ3n) is 2.00. The lowest BCUT2D eigenvalue weighted by molar-refractivity contribution is -0.112. The molecule has 0 aliphatic carbocycles. The minimum Gasteiger partial charge on any atom is -0.317 e. The van der Waals surface area contributed by atoms with Crippen molar-refractivity contribution in [2.45, 2.75) is 6.92 Å². The van der Waals surface area contributed by atoms with Crippen molar-refractivity contribution in [3.63, 3.8) is 0 Å². The second kappa shape index (κ2) is 4.87. The molecule has 94 valence electrons. The molecule has 1 aromatic carbocycles. The van der Waals surface area contributed by atoms with Crippen molar-refractivity contribution in [3.8, 4) is 6.07 Å². The summed E-state index contributed by atoms with van der Waals surface area (Å²) in [7, 11) is 0. The maximum absolute atomic E-state index is 13.3. The summed E-state index contributed by atoms with van der Waals surface area (Å²) in [6.45, 7) is 4.43. The number of nitrogens with zero attached hydrogens (tertiary/aromatic N) is 1. The van der Waals surface area contributed by atoms with Crippen LogP contribution in [0.1, 0.15) is 12.5 Å². The van der Waals surface area contributed by atoms with Crippen LogP contribution in [0, 0.1) is 34.6 Å². The average molecular weight is 258 g/mol. The summed E-state index contributed by atoms with van der Waals surface area (Å²) in [5.41, 5.74) is -2.80. The zero-order valence-electron chi connectivity index (χ0n) is 9.07. The van der Waals surface area contributed by atoms with Gasteiger partial charge in [0.05, 0.1) is 0 Å². The highest BCUT2D eigenvalue weighted by atomic mass is 19.2. The average Bonchev–Trinajstić information content (AvgIpc) is 2.32. The molecule has 0 atom stereocenters. The smallest absolute Gasteiger partial charge is 0.250 e. The summed E-state index contributed by atoms with van der Waals surface area (Å²) < 4.78 is 53.0. The van der Waals surface area contributed by atoms with Gasteiger partial charge in [-0.3, -0.25) is 4.79 Å². The van der Waals surface area contributed by atoms with Gasteiger partial charge in [0.1, 0.15) is 17.3 Å². The first kappa shape index (κ1) is 13.7. The number of anilines is 1. The lowest BCUT2D eigenvalue weighted by atomic mass is 10.1. The number of nitriles is 1. The number of rotatable bonds is 2. The van der Waals surface area contributed by atoms with Gasteiger partial charge in [0.15, 0.2) is 23.3 Å². The standard InChI is InChI=1S/C11H6F4N2O/c1-4(2)11(18)17-10-8(14)6(12)5(3-16)7(13)9(10)15/h1H2,2H3,(H,17,18). The van der Waals surface area contributed by atoms with Crippen molar-refractivity contribution in [2.24, 2.45) is 0 Å². The zero-order chi connectivity index (χ0) is 14.0. The van der Waals surface area contributed by atoms with Crippen LogP contribution < -0.4 is 5.32 Å². The lowest BCUT2D eigenvalue weighted by Gasteiger charge is -2.09. The maximum Gasteiger partial charge on any atom is 0.250 e. The van der Waals surface area contributed by atoms with E-state index in [2.05, 4.69) is 6.58 Å². The number of hydrogen-bond donors (Lipinski definition) is 1. The monoisotopic (exact) mass is 258 g/mol. The van der Waals surface area contributed by atoms with Crippen LogP contribution in [-0.4, -0.2) is 5.91 Å². The van der Waals surface area contributed by atoms with Crippen molar-refractivity contribution in [3.05, 3.63) is 41.0 Å². The fourth-order valence-electron chi connectivity index (χ4n) is 1.06. The lowest BCUT2D eigenvalue weighted by Crippen LogP contribution is -2.16. The summed E-state index contributed by atoms with van der Waals surface area (Å²) >= 11 is 0. The number of amides is 1. The van der Waals surface area contributed by atoms with Gasteiger partial charge in [-0.2, -0.15) is 5.26 Å². The van der Waals surface area contributed by atoms with Crippen molar-refractivity contribution in [1.29, 1.82) is 5.26 Å². The van der Waals surface area contributed by atoms with Gasteiger partial charge in [0.25, 0.3) is 5.91 Å². The molecule has 0 bridgehead atoms. The first-order valence-corrected chi connectivity index (χ1v) is 4.54. The van der Waals surface area contributed by atoms with Crippen molar-refractivity contribution < 1.29 is 22.4 Å². The predicted octanol–water partition coefficient (Wildman–Crippen LogP) is 2.63. The Kier molecular flexibility index (Phi) is 3.71. The maximum atomic E-state index is 13.3. The minimum absolute atomic E-state index is 0.112. The highest BCUT2D eigenvalue weighted by Gasteiger charge is 2.26. The molecule has 1 aromatic rings. The van der Waals surface area contributed by atoms with Crippen LogP contribution in [0.25, 0.3) is 0 Å². The first-order chi connectivity index (χ1) is 8.31. The van der Waals surface area contributed by atoms with Crippen molar-refractivity contribution in [2.75, 3.05) is 5.32 Å². The fourth-order valence-corrected chi connectivity index (χ4v) is 1.06. The Labute approximate surface area is 99.3 Å². The number of carbonyl (C=O) groups is 1. The molecule has 7 heteroatoms. The van der Waals surface area contributed by atoms with Gasteiger partial charge in [-0.05, 0) is 6.92 Å². The molecule has 0 fully saturated rings. The Morgan fingerprint density at radius 1 is 1.17 bits per heavy atom. The fraction of sp³-hybridized carbons (Fsp3) is 0.0909. The molecular weight excluding hydrogens is 252 g/mol. The van der Waals surface area contributed by atoms with Crippen LogP contribution >= 0.6 is 0 Å². The van der Waals surface area contributed by atoms with Crippen LogP contribution in [0.15, 0.2) is 12.2 Å². The van der Waals surface area contributed by atoms with E-state index in [1.54, 1.807) is 5.32 Å². The largest absolute Gasteiger partial charge is 0.317 e. The first-order valence-electron chi connectivity index (χ1n) is 4.54. The van der Waals surface area contributed by atoms with E-state index in [9.17, 15) is 22.4 Å². The topological polar surface area (TPSA) is 52.9 Å². The molecule has 0 radical (unpaired) electrons. The third-order valence-corrected chi connectivity index (χ3v) is 2.00. The van der Waals surface area contributed by atoms with Gasteiger partial charge < -0.3 is 5.32 Å². The molecule has 0 aromatic heterocycles. The number of carbonyl (C=O) groups excluding carboxylic acids is 1. The van der Waals surface area contributed by atoms with Crippen molar-refractivity contribution >= 4 is 11.6 Å². The van der Waals surface area contributed by atoms with E-state index in [0.717, 1.165) is 6.07 Å². The van der Waals surface area contributed by atoms with Gasteiger partial charge in [0.2, 0.25) is 0 Å². The molecule has 3 nitrogen and oxygen atoms in total. The molecule has 0 aliphatic rings. The van der Waals surface area contributed by atoms with E-state index >= 15 is 0 Å². The van der Waals surface area contributed by atoms with Crippen molar-refractivity contribution in [1.82, 2.24) is 0 Å². The minimum atomic E-state index is -1.87. The number of benzene rings is 1. The van der Waals surface area contributed by atoms with E-state index in [1.807, 2.05) is 0 Å². The Morgan fingerprint density at radius 3 is 1.94 bits per heavy atom. The number of nitrogens with one attached hydrogen (secondary N) is 1. The SMILES string of the molecule is C=C(C)C(=O)Nc1c(F)c(F)c(C#N)c(F)c1F. The molecule has 18 heavy (non-hydrogen) atoms. The Balaban J connectivity index is 3.44.